The zero-order chi connectivity index (χ0) is 18.9. The molecule has 1 unspecified atom stereocenters. The molecule has 26 heavy (non-hydrogen) atoms. The van der Waals surface area contributed by atoms with Crippen LogP contribution < -0.4 is 0 Å². The first-order chi connectivity index (χ1) is 12.3. The molecule has 0 aliphatic carbocycles. The van der Waals surface area contributed by atoms with Crippen molar-refractivity contribution >= 4 is 27.6 Å². The van der Waals surface area contributed by atoms with Gasteiger partial charge in [0.2, 0.25) is 0 Å². The summed E-state index contributed by atoms with van der Waals surface area (Å²) in [6.07, 6.45) is 1.25. The van der Waals surface area contributed by atoms with Gasteiger partial charge in [0, 0.05) is 22.7 Å². The Bertz CT molecular complexity index is 931. The van der Waals surface area contributed by atoms with Gasteiger partial charge in [-0.1, -0.05) is 29.8 Å². The van der Waals surface area contributed by atoms with Crippen LogP contribution in [0.2, 0.25) is 5.02 Å². The number of carbonyl (C=O) groups excluding carboxylic acids is 1. The van der Waals surface area contributed by atoms with Crippen LogP contribution in [0.25, 0.3) is 0 Å². The van der Waals surface area contributed by atoms with E-state index in [1.807, 2.05) is 0 Å². The highest BCUT2D eigenvalue weighted by molar-refractivity contribution is 7.85. The normalized spacial score (nSPS) is 16.8. The summed E-state index contributed by atoms with van der Waals surface area (Å²) >= 11 is 6.30. The number of nitrogens with zero attached hydrogens (tertiary/aromatic N) is 1. The first-order valence-corrected chi connectivity index (χ1v) is 10.1. The summed E-state index contributed by atoms with van der Waals surface area (Å²) in [5.74, 6) is -0.554. The lowest BCUT2D eigenvalue weighted by molar-refractivity contribution is 0.0689. The van der Waals surface area contributed by atoms with Crippen molar-refractivity contribution in [1.82, 2.24) is 4.90 Å². The van der Waals surface area contributed by atoms with Gasteiger partial charge in [-0.25, -0.2) is 4.39 Å². The van der Waals surface area contributed by atoms with Crippen molar-refractivity contribution in [1.29, 1.82) is 0 Å². The molecule has 3 rings (SSSR count). The van der Waals surface area contributed by atoms with Crippen molar-refractivity contribution in [3.63, 3.8) is 0 Å². The van der Waals surface area contributed by atoms with Gasteiger partial charge < -0.3 is 4.90 Å². The highest BCUT2D eigenvalue weighted by Crippen LogP contribution is 2.41. The van der Waals surface area contributed by atoms with Crippen molar-refractivity contribution in [3.05, 3.63) is 70.0 Å². The molecule has 0 saturated carbocycles. The summed E-state index contributed by atoms with van der Waals surface area (Å²) in [4.78, 5) is 14.4. The number of carbonyl (C=O) groups is 1. The summed E-state index contributed by atoms with van der Waals surface area (Å²) in [5.41, 5.74) is 1.92. The van der Waals surface area contributed by atoms with Gasteiger partial charge in [-0.15, -0.1) is 0 Å². The molecule has 8 heteroatoms. The van der Waals surface area contributed by atoms with E-state index in [9.17, 15) is 17.6 Å². The van der Waals surface area contributed by atoms with Gasteiger partial charge in [-0.05, 0) is 36.2 Å². The molecule has 1 aliphatic rings. The SMILES string of the molecule is CS(=O)(=O)OCCC1c2c(Cl)cccc2C(=O)N1Cc1ccc(F)cc1. The fourth-order valence-corrected chi connectivity index (χ4v) is 3.79. The Morgan fingerprint density at radius 1 is 1.19 bits per heavy atom. The molecule has 0 bridgehead atoms. The third-order valence-corrected chi connectivity index (χ3v) is 5.13. The standard InChI is InChI=1S/C18H17ClFNO4S/c1-26(23,24)25-10-9-16-17-14(3-2-4-15(17)19)18(22)21(16)11-12-5-7-13(20)8-6-12/h2-8,16H,9-11H2,1H3. The molecule has 0 saturated heterocycles. The molecule has 2 aromatic rings. The monoisotopic (exact) mass is 397 g/mol. The van der Waals surface area contributed by atoms with E-state index < -0.39 is 16.2 Å². The molecule has 0 radical (unpaired) electrons. The van der Waals surface area contributed by atoms with Crippen LogP contribution in [-0.2, 0) is 20.8 Å². The number of halogens is 2. The first kappa shape index (κ1) is 18.8. The van der Waals surface area contributed by atoms with Crippen LogP contribution in [0.5, 0.6) is 0 Å². The fourth-order valence-electron chi connectivity index (χ4n) is 3.09. The molecular formula is C18H17ClFNO4S. The van der Waals surface area contributed by atoms with Crippen LogP contribution >= 0.6 is 11.6 Å². The van der Waals surface area contributed by atoms with Crippen LogP contribution in [0.15, 0.2) is 42.5 Å². The molecule has 0 N–H and O–H groups in total. The van der Waals surface area contributed by atoms with E-state index >= 15 is 0 Å². The van der Waals surface area contributed by atoms with Gasteiger partial charge in [-0.2, -0.15) is 8.42 Å². The zero-order valence-electron chi connectivity index (χ0n) is 14.0. The van der Waals surface area contributed by atoms with E-state index in [-0.39, 0.29) is 31.3 Å². The molecule has 1 atom stereocenters. The second-order valence-electron chi connectivity index (χ2n) is 6.09. The van der Waals surface area contributed by atoms with Crippen LogP contribution in [0.4, 0.5) is 4.39 Å². The molecule has 1 amide bonds. The van der Waals surface area contributed by atoms with Crippen molar-refractivity contribution < 1.29 is 21.8 Å². The zero-order valence-corrected chi connectivity index (χ0v) is 15.6. The third kappa shape index (κ3) is 4.06. The fraction of sp³-hybridized carbons (Fsp3) is 0.278. The number of fused-ring (bicyclic) bond motifs is 1. The Kier molecular flexibility index (Phi) is 5.32. The maximum Gasteiger partial charge on any atom is 0.264 e. The van der Waals surface area contributed by atoms with Gasteiger partial charge in [-0.3, -0.25) is 8.98 Å². The van der Waals surface area contributed by atoms with Gasteiger partial charge in [0.1, 0.15) is 5.82 Å². The minimum Gasteiger partial charge on any atom is -0.327 e. The topological polar surface area (TPSA) is 63.7 Å². The molecule has 2 aromatic carbocycles. The Hall–Kier alpha value is -1.96. The molecule has 0 aromatic heterocycles. The van der Waals surface area contributed by atoms with Crippen LogP contribution in [-0.4, -0.2) is 32.1 Å². The minimum atomic E-state index is -3.58. The molecule has 0 fully saturated rings. The van der Waals surface area contributed by atoms with Crippen molar-refractivity contribution in [2.45, 2.75) is 19.0 Å². The van der Waals surface area contributed by atoms with Gasteiger partial charge in [0.25, 0.3) is 16.0 Å². The summed E-state index contributed by atoms with van der Waals surface area (Å²) in [7, 11) is -3.58. The minimum absolute atomic E-state index is 0.0681. The van der Waals surface area contributed by atoms with E-state index in [0.717, 1.165) is 11.8 Å². The summed E-state index contributed by atoms with van der Waals surface area (Å²) in [6, 6.07) is 10.5. The van der Waals surface area contributed by atoms with E-state index in [1.165, 1.54) is 12.1 Å². The maximum absolute atomic E-state index is 13.1. The van der Waals surface area contributed by atoms with Crippen molar-refractivity contribution in [2.75, 3.05) is 12.9 Å². The Labute approximate surface area is 156 Å². The van der Waals surface area contributed by atoms with Gasteiger partial charge >= 0.3 is 0 Å². The smallest absolute Gasteiger partial charge is 0.264 e. The second-order valence-corrected chi connectivity index (χ2v) is 8.14. The average molecular weight is 398 g/mol. The van der Waals surface area contributed by atoms with E-state index in [2.05, 4.69) is 0 Å². The lowest BCUT2D eigenvalue weighted by atomic mass is 10.0. The van der Waals surface area contributed by atoms with E-state index in [1.54, 1.807) is 35.2 Å². The predicted octanol–water partition coefficient (Wildman–Crippen LogP) is 3.54. The van der Waals surface area contributed by atoms with Gasteiger partial charge in [0.15, 0.2) is 0 Å². The quantitative estimate of drug-likeness (QED) is 0.699. The lowest BCUT2D eigenvalue weighted by Crippen LogP contribution is -2.28. The summed E-state index contributed by atoms with van der Waals surface area (Å²) in [5, 5.41) is 0.446. The number of rotatable bonds is 6. The Morgan fingerprint density at radius 2 is 1.88 bits per heavy atom. The molecule has 0 spiro atoms. The molecular weight excluding hydrogens is 381 g/mol. The third-order valence-electron chi connectivity index (χ3n) is 4.21. The number of hydrogen-bond acceptors (Lipinski definition) is 4. The van der Waals surface area contributed by atoms with E-state index in [4.69, 9.17) is 15.8 Å². The number of hydrogen-bond donors (Lipinski definition) is 0. The first-order valence-electron chi connectivity index (χ1n) is 7.94. The summed E-state index contributed by atoms with van der Waals surface area (Å²) < 4.78 is 40.4. The Balaban J connectivity index is 1.89. The predicted molar refractivity (Wildman–Crippen MR) is 95.9 cm³/mol. The maximum atomic E-state index is 13.1. The average Bonchev–Trinajstić information content (AvgIpc) is 2.83. The molecule has 5 nitrogen and oxygen atoms in total. The number of benzene rings is 2. The highest BCUT2D eigenvalue weighted by Gasteiger charge is 2.38. The van der Waals surface area contributed by atoms with Gasteiger partial charge in [0.05, 0.1) is 18.9 Å². The molecule has 1 heterocycles. The van der Waals surface area contributed by atoms with Crippen molar-refractivity contribution in [2.24, 2.45) is 0 Å². The number of amides is 1. The molecule has 138 valence electrons. The van der Waals surface area contributed by atoms with Crippen molar-refractivity contribution in [3.8, 4) is 0 Å². The Morgan fingerprint density at radius 3 is 2.54 bits per heavy atom. The molecule has 1 aliphatic heterocycles. The van der Waals surface area contributed by atoms with Crippen LogP contribution in [0.3, 0.4) is 0 Å². The van der Waals surface area contributed by atoms with Crippen LogP contribution in [0, 0.1) is 5.82 Å². The second kappa shape index (κ2) is 7.34. The largest absolute Gasteiger partial charge is 0.327 e. The summed E-state index contributed by atoms with van der Waals surface area (Å²) in [6.45, 7) is 0.190. The van der Waals surface area contributed by atoms with Crippen LogP contribution in [0.1, 0.15) is 33.9 Å². The van der Waals surface area contributed by atoms with E-state index in [0.29, 0.717) is 16.1 Å². The lowest BCUT2D eigenvalue weighted by Gasteiger charge is -2.25. The highest BCUT2D eigenvalue weighted by atomic mass is 35.5.